The highest BCUT2D eigenvalue weighted by molar-refractivity contribution is 6.32. The van der Waals surface area contributed by atoms with Crippen molar-refractivity contribution in [1.82, 2.24) is 9.78 Å². The minimum absolute atomic E-state index is 0.0967. The number of methoxy groups -OCH3 is 1. The minimum Gasteiger partial charge on any atom is -0.495 e. The molecular formula is C21H16Cl2N2O4. The van der Waals surface area contributed by atoms with Crippen LogP contribution in [-0.2, 0) is 6.54 Å². The molecule has 0 aliphatic rings. The van der Waals surface area contributed by atoms with Crippen molar-refractivity contribution in [2.45, 2.75) is 6.54 Å². The van der Waals surface area contributed by atoms with E-state index in [1.807, 2.05) is 12.1 Å². The lowest BCUT2D eigenvalue weighted by Gasteiger charge is -2.09. The first-order valence-corrected chi connectivity index (χ1v) is 9.26. The van der Waals surface area contributed by atoms with Gasteiger partial charge in [-0.3, -0.25) is 4.79 Å². The Balaban J connectivity index is 1.98. The molecule has 1 heterocycles. The molecule has 0 bridgehead atoms. The van der Waals surface area contributed by atoms with Gasteiger partial charge in [0.15, 0.2) is 0 Å². The first-order valence-electron chi connectivity index (χ1n) is 8.50. The number of rotatable bonds is 6. The molecule has 0 aliphatic carbocycles. The van der Waals surface area contributed by atoms with Crippen molar-refractivity contribution in [3.05, 3.63) is 86.1 Å². The molecule has 0 unspecified atom stereocenters. The normalized spacial score (nSPS) is 11.0. The molecule has 1 N–H and O–H groups in total. The number of ether oxygens (including phenoxy) is 1. The fraction of sp³-hybridized carbons (Fsp3) is 0.0952. The number of benzene rings is 2. The first-order chi connectivity index (χ1) is 13.9. The molecule has 3 aromatic rings. The maximum absolute atomic E-state index is 12.5. The van der Waals surface area contributed by atoms with Crippen LogP contribution in [0.2, 0.25) is 10.0 Å². The average Bonchev–Trinajstić information content (AvgIpc) is 2.70. The molecule has 148 valence electrons. The van der Waals surface area contributed by atoms with Crippen molar-refractivity contribution >= 4 is 35.2 Å². The van der Waals surface area contributed by atoms with Gasteiger partial charge in [0.05, 0.1) is 24.4 Å². The second-order valence-electron chi connectivity index (χ2n) is 6.04. The second-order valence-corrected chi connectivity index (χ2v) is 6.88. The Morgan fingerprint density at radius 3 is 2.52 bits per heavy atom. The maximum Gasteiger partial charge on any atom is 0.341 e. The lowest BCUT2D eigenvalue weighted by Crippen LogP contribution is -2.28. The van der Waals surface area contributed by atoms with Crippen LogP contribution in [0, 0.1) is 0 Å². The molecule has 0 fully saturated rings. The quantitative estimate of drug-likeness (QED) is 0.615. The third-order valence-corrected chi connectivity index (χ3v) is 4.66. The van der Waals surface area contributed by atoms with E-state index in [9.17, 15) is 14.7 Å². The lowest BCUT2D eigenvalue weighted by atomic mass is 10.1. The highest BCUT2D eigenvalue weighted by atomic mass is 35.5. The molecule has 29 heavy (non-hydrogen) atoms. The Bertz CT molecular complexity index is 1140. The minimum atomic E-state index is -1.33. The van der Waals surface area contributed by atoms with Crippen molar-refractivity contribution in [2.24, 2.45) is 0 Å². The number of allylic oxidation sites excluding steroid dienone is 1. The van der Waals surface area contributed by atoms with Gasteiger partial charge in [-0.2, -0.15) is 5.10 Å². The molecule has 0 atom stereocenters. The first kappa shape index (κ1) is 20.6. The fourth-order valence-corrected chi connectivity index (χ4v) is 3.03. The molecule has 0 radical (unpaired) electrons. The zero-order valence-corrected chi connectivity index (χ0v) is 16.8. The molecule has 1 aromatic heterocycles. The summed E-state index contributed by atoms with van der Waals surface area (Å²) in [5.41, 5.74) is 0.697. The second kappa shape index (κ2) is 8.94. The van der Waals surface area contributed by atoms with Crippen LogP contribution in [0.15, 0.2) is 59.4 Å². The summed E-state index contributed by atoms with van der Waals surface area (Å²) in [6, 6.07) is 13.3. The molecule has 3 rings (SSSR count). The summed E-state index contributed by atoms with van der Waals surface area (Å²) in [6.07, 6.45) is 3.51. The Labute approximate surface area is 176 Å². The topological polar surface area (TPSA) is 81.4 Å². The fourth-order valence-electron chi connectivity index (χ4n) is 2.65. The van der Waals surface area contributed by atoms with Gasteiger partial charge in [0.2, 0.25) is 0 Å². The van der Waals surface area contributed by atoms with E-state index in [1.165, 1.54) is 13.2 Å². The van der Waals surface area contributed by atoms with Crippen LogP contribution in [-0.4, -0.2) is 28.0 Å². The summed E-state index contributed by atoms with van der Waals surface area (Å²) in [5, 5.41) is 14.7. The smallest absolute Gasteiger partial charge is 0.341 e. The van der Waals surface area contributed by atoms with Crippen molar-refractivity contribution in [3.63, 3.8) is 0 Å². The maximum atomic E-state index is 12.5. The van der Waals surface area contributed by atoms with Crippen LogP contribution in [0.5, 0.6) is 5.75 Å². The van der Waals surface area contributed by atoms with Crippen LogP contribution in [0.25, 0.3) is 17.3 Å². The number of hydrogen-bond donors (Lipinski definition) is 1. The zero-order valence-electron chi connectivity index (χ0n) is 15.3. The van der Waals surface area contributed by atoms with Crippen LogP contribution in [0.4, 0.5) is 0 Å². The number of nitrogens with zero attached hydrogens (tertiary/aromatic N) is 2. The summed E-state index contributed by atoms with van der Waals surface area (Å²) >= 11 is 12.0. The van der Waals surface area contributed by atoms with Crippen molar-refractivity contribution in [3.8, 4) is 17.0 Å². The van der Waals surface area contributed by atoms with Gasteiger partial charge >= 0.3 is 5.97 Å². The molecule has 0 saturated heterocycles. The summed E-state index contributed by atoms with van der Waals surface area (Å²) in [4.78, 5) is 24.0. The summed E-state index contributed by atoms with van der Waals surface area (Å²) in [7, 11) is 1.49. The number of aromatic carboxylic acids is 1. The van der Waals surface area contributed by atoms with E-state index in [0.717, 1.165) is 10.2 Å². The number of carboxylic acid groups (broad SMARTS) is 1. The van der Waals surface area contributed by atoms with Crippen LogP contribution in [0.3, 0.4) is 0 Å². The highest BCUT2D eigenvalue weighted by Crippen LogP contribution is 2.29. The van der Waals surface area contributed by atoms with Crippen LogP contribution < -0.4 is 10.3 Å². The Morgan fingerprint density at radius 1 is 1.17 bits per heavy atom. The third-order valence-electron chi connectivity index (χ3n) is 4.11. The third kappa shape index (κ3) is 4.85. The molecular weight excluding hydrogens is 415 g/mol. The molecule has 0 amide bonds. The number of carbonyl (C=O) groups is 1. The van der Waals surface area contributed by atoms with E-state index in [2.05, 4.69) is 5.10 Å². The lowest BCUT2D eigenvalue weighted by molar-refractivity contribution is 0.0694. The molecule has 0 aliphatic heterocycles. The summed E-state index contributed by atoms with van der Waals surface area (Å²) in [6.45, 7) is 0.0967. The van der Waals surface area contributed by atoms with Crippen molar-refractivity contribution < 1.29 is 14.6 Å². The van der Waals surface area contributed by atoms with Gasteiger partial charge in [0, 0.05) is 10.6 Å². The SMILES string of the molecule is COc1ccc(-c2cc(C(=O)O)c(=O)n(C/C=C/c3ccc(Cl)cc3)n2)cc1Cl. The van der Waals surface area contributed by atoms with Crippen LogP contribution >= 0.6 is 23.2 Å². The predicted octanol–water partition coefficient (Wildman–Crippen LogP) is 4.64. The average molecular weight is 431 g/mol. The van der Waals surface area contributed by atoms with Gasteiger partial charge in [0.25, 0.3) is 5.56 Å². The van der Waals surface area contributed by atoms with Gasteiger partial charge in [-0.1, -0.05) is 47.5 Å². The number of halogens is 2. The van der Waals surface area contributed by atoms with E-state index in [0.29, 0.717) is 27.1 Å². The molecule has 2 aromatic carbocycles. The van der Waals surface area contributed by atoms with Gasteiger partial charge in [-0.25, -0.2) is 9.48 Å². The number of carboxylic acids is 1. The Hall–Kier alpha value is -3.09. The van der Waals surface area contributed by atoms with Crippen molar-refractivity contribution in [2.75, 3.05) is 7.11 Å². The van der Waals surface area contributed by atoms with E-state index in [-0.39, 0.29) is 12.1 Å². The van der Waals surface area contributed by atoms with Crippen molar-refractivity contribution in [1.29, 1.82) is 0 Å². The van der Waals surface area contributed by atoms with E-state index < -0.39 is 11.5 Å². The van der Waals surface area contributed by atoms with E-state index in [1.54, 1.807) is 42.5 Å². The molecule has 6 nitrogen and oxygen atoms in total. The highest BCUT2D eigenvalue weighted by Gasteiger charge is 2.16. The monoisotopic (exact) mass is 430 g/mol. The zero-order chi connectivity index (χ0) is 21.0. The Kier molecular flexibility index (Phi) is 6.36. The summed E-state index contributed by atoms with van der Waals surface area (Å²) < 4.78 is 6.22. The molecule has 0 saturated carbocycles. The molecule has 0 spiro atoms. The van der Waals surface area contributed by atoms with E-state index >= 15 is 0 Å². The largest absolute Gasteiger partial charge is 0.495 e. The van der Waals surface area contributed by atoms with E-state index in [4.69, 9.17) is 27.9 Å². The van der Waals surface area contributed by atoms with Gasteiger partial charge in [-0.05, 0) is 42.0 Å². The number of hydrogen-bond acceptors (Lipinski definition) is 4. The Morgan fingerprint density at radius 2 is 1.90 bits per heavy atom. The number of aromatic nitrogens is 2. The van der Waals surface area contributed by atoms with Crippen LogP contribution in [0.1, 0.15) is 15.9 Å². The van der Waals surface area contributed by atoms with Gasteiger partial charge in [0.1, 0.15) is 11.3 Å². The molecule has 8 heteroatoms. The summed E-state index contributed by atoms with van der Waals surface area (Å²) in [5.74, 6) is -0.846. The van der Waals surface area contributed by atoms with Gasteiger partial charge in [-0.15, -0.1) is 0 Å². The van der Waals surface area contributed by atoms with Gasteiger partial charge < -0.3 is 9.84 Å². The standard InChI is InChI=1S/C21H16Cl2N2O4/c1-29-19-9-6-14(11-17(19)23)18-12-16(21(27)28)20(26)25(24-18)10-2-3-13-4-7-15(22)8-5-13/h2-9,11-12H,10H2,1H3,(H,27,28)/b3-2+. The predicted molar refractivity (Wildman–Crippen MR) is 113 cm³/mol.